The predicted octanol–water partition coefficient (Wildman–Crippen LogP) is 1.49. The van der Waals surface area contributed by atoms with Crippen LogP contribution in [0.5, 0.6) is 0 Å². The number of nitrogens with zero attached hydrogens (tertiary/aromatic N) is 1. The second-order valence-electron chi connectivity index (χ2n) is 8.04. The smallest absolute Gasteiger partial charge is 0.407 e. The van der Waals surface area contributed by atoms with Crippen molar-refractivity contribution in [3.63, 3.8) is 0 Å². The van der Waals surface area contributed by atoms with Crippen LogP contribution in [0, 0.1) is 5.92 Å². The zero-order chi connectivity index (χ0) is 22.5. The van der Waals surface area contributed by atoms with Gasteiger partial charge in [0.25, 0.3) is 0 Å². The van der Waals surface area contributed by atoms with Gasteiger partial charge in [-0.25, -0.2) is 9.59 Å². The zero-order valence-electron chi connectivity index (χ0n) is 18.6. The maximum atomic E-state index is 12.2. The van der Waals surface area contributed by atoms with Gasteiger partial charge in [0.05, 0.1) is 25.8 Å². The minimum absolute atomic E-state index is 0.183. The highest BCUT2D eigenvalue weighted by atomic mass is 16.6. The Balaban J connectivity index is 1.64. The highest BCUT2D eigenvalue weighted by Crippen LogP contribution is 2.23. The molecule has 10 nitrogen and oxygen atoms in total. The summed E-state index contributed by atoms with van der Waals surface area (Å²) in [6, 6.07) is -0.887. The first-order valence-corrected chi connectivity index (χ1v) is 11.2. The zero-order valence-corrected chi connectivity index (χ0v) is 18.6. The number of rotatable bonds is 12. The van der Waals surface area contributed by atoms with Gasteiger partial charge in [-0.15, -0.1) is 0 Å². The lowest BCUT2D eigenvalue weighted by molar-refractivity contribution is -0.143. The molecule has 1 unspecified atom stereocenters. The first-order valence-electron chi connectivity index (χ1n) is 11.2. The topological polar surface area (TPSA) is 127 Å². The van der Waals surface area contributed by atoms with Crippen LogP contribution in [0.3, 0.4) is 0 Å². The molecule has 31 heavy (non-hydrogen) atoms. The minimum Gasteiger partial charge on any atom is -0.467 e. The summed E-state index contributed by atoms with van der Waals surface area (Å²) in [5.74, 6) is -0.137. The summed E-state index contributed by atoms with van der Waals surface area (Å²) in [7, 11) is 1.25. The lowest BCUT2D eigenvalue weighted by Crippen LogP contribution is -2.44. The standard InChI is InChI=1S/C21H36N4O6/c1-3-4-11-30-21(28)24-18(20(27)29-2)7-10-23-19(26)14-17-13-16(25-31-17)12-15-5-8-22-9-6-15/h15,17-18,22H,3-14H2,1-2H3,(H,23,26)(H,24,28)/t17?,18-/m0/s1. The molecule has 0 spiro atoms. The molecule has 0 aromatic carbocycles. The number of carbonyl (C=O) groups excluding carboxylic acids is 3. The summed E-state index contributed by atoms with van der Waals surface area (Å²) in [5, 5.41) is 12.8. The van der Waals surface area contributed by atoms with E-state index >= 15 is 0 Å². The van der Waals surface area contributed by atoms with Crippen LogP contribution in [-0.4, -0.2) is 69.2 Å². The summed E-state index contributed by atoms with van der Waals surface area (Å²) in [4.78, 5) is 41.3. The molecule has 10 heteroatoms. The molecule has 0 radical (unpaired) electrons. The number of unbranched alkanes of at least 4 members (excludes halogenated alkanes) is 1. The summed E-state index contributed by atoms with van der Waals surface area (Å²) >= 11 is 0. The van der Waals surface area contributed by atoms with E-state index in [0.29, 0.717) is 12.3 Å². The Labute approximate surface area is 183 Å². The summed E-state index contributed by atoms with van der Waals surface area (Å²) in [6.07, 6.45) is 5.02. The van der Waals surface area contributed by atoms with Gasteiger partial charge in [-0.05, 0) is 51.1 Å². The van der Waals surface area contributed by atoms with Crippen LogP contribution >= 0.6 is 0 Å². The van der Waals surface area contributed by atoms with E-state index in [2.05, 4.69) is 21.1 Å². The van der Waals surface area contributed by atoms with Crippen molar-refractivity contribution in [3.8, 4) is 0 Å². The molecule has 2 aliphatic rings. The van der Waals surface area contributed by atoms with E-state index in [4.69, 9.17) is 14.3 Å². The summed E-state index contributed by atoms with van der Waals surface area (Å²) in [6.45, 7) is 4.57. The lowest BCUT2D eigenvalue weighted by atomic mass is 9.91. The van der Waals surface area contributed by atoms with Crippen molar-refractivity contribution >= 4 is 23.7 Å². The predicted molar refractivity (Wildman–Crippen MR) is 115 cm³/mol. The van der Waals surface area contributed by atoms with Crippen LogP contribution in [0.15, 0.2) is 5.16 Å². The fraction of sp³-hybridized carbons (Fsp3) is 0.810. The van der Waals surface area contributed by atoms with E-state index in [9.17, 15) is 14.4 Å². The Morgan fingerprint density at radius 1 is 1.29 bits per heavy atom. The molecule has 2 amide bonds. The van der Waals surface area contributed by atoms with Crippen molar-refractivity contribution < 1.29 is 28.7 Å². The van der Waals surface area contributed by atoms with E-state index in [1.54, 1.807) is 0 Å². The molecule has 1 saturated heterocycles. The number of hydrogen-bond acceptors (Lipinski definition) is 8. The molecule has 0 aliphatic carbocycles. The van der Waals surface area contributed by atoms with Crippen molar-refractivity contribution in [3.05, 3.63) is 0 Å². The highest BCUT2D eigenvalue weighted by Gasteiger charge is 2.27. The maximum absolute atomic E-state index is 12.2. The average molecular weight is 441 g/mol. The van der Waals surface area contributed by atoms with E-state index in [-0.39, 0.29) is 38.0 Å². The fourth-order valence-electron chi connectivity index (χ4n) is 3.65. The lowest BCUT2D eigenvalue weighted by Gasteiger charge is -2.21. The minimum atomic E-state index is -0.887. The van der Waals surface area contributed by atoms with Crippen LogP contribution in [0.2, 0.25) is 0 Å². The van der Waals surface area contributed by atoms with Crippen molar-refractivity contribution in [2.45, 2.75) is 70.4 Å². The maximum Gasteiger partial charge on any atom is 0.407 e. The van der Waals surface area contributed by atoms with Gasteiger partial charge in [-0.1, -0.05) is 18.5 Å². The molecule has 1 fully saturated rings. The number of amides is 2. The number of esters is 1. The average Bonchev–Trinajstić information content (AvgIpc) is 3.19. The van der Waals surface area contributed by atoms with Crippen LogP contribution in [0.25, 0.3) is 0 Å². The second-order valence-corrected chi connectivity index (χ2v) is 8.04. The number of piperidine rings is 1. The molecule has 0 bridgehead atoms. The van der Waals surface area contributed by atoms with Gasteiger partial charge in [-0.3, -0.25) is 4.79 Å². The highest BCUT2D eigenvalue weighted by molar-refractivity contribution is 5.87. The van der Waals surface area contributed by atoms with E-state index in [1.165, 1.54) is 7.11 Å². The largest absolute Gasteiger partial charge is 0.467 e. The second kappa shape index (κ2) is 13.8. The quantitative estimate of drug-likeness (QED) is 0.310. The molecule has 2 heterocycles. The van der Waals surface area contributed by atoms with Gasteiger partial charge in [0.2, 0.25) is 5.91 Å². The Morgan fingerprint density at radius 2 is 2.06 bits per heavy atom. The number of alkyl carbamates (subject to hydrolysis) is 1. The van der Waals surface area contributed by atoms with Crippen molar-refractivity contribution in [1.29, 1.82) is 0 Å². The third-order valence-electron chi connectivity index (χ3n) is 5.45. The number of oxime groups is 1. The van der Waals surface area contributed by atoms with Gasteiger partial charge >= 0.3 is 12.1 Å². The first kappa shape index (κ1) is 24.9. The number of carbonyl (C=O) groups is 3. The molecule has 3 N–H and O–H groups in total. The van der Waals surface area contributed by atoms with E-state index in [1.807, 2.05) is 6.92 Å². The number of hydrogen-bond donors (Lipinski definition) is 3. The third-order valence-corrected chi connectivity index (χ3v) is 5.45. The van der Waals surface area contributed by atoms with Gasteiger partial charge < -0.3 is 30.3 Å². The molecule has 0 saturated carbocycles. The Kier molecular flexibility index (Phi) is 11.1. The van der Waals surface area contributed by atoms with Gasteiger partial charge in [0.1, 0.15) is 12.1 Å². The Bertz CT molecular complexity index is 621. The van der Waals surface area contributed by atoms with Crippen molar-refractivity contribution in [1.82, 2.24) is 16.0 Å². The fourth-order valence-corrected chi connectivity index (χ4v) is 3.65. The first-order chi connectivity index (χ1) is 15.0. The number of ether oxygens (including phenoxy) is 2. The SMILES string of the molecule is CCCCOC(=O)N[C@@H](CCNC(=O)CC1CC(CC2CCNCC2)=NO1)C(=O)OC. The molecule has 2 rings (SSSR count). The summed E-state index contributed by atoms with van der Waals surface area (Å²) < 4.78 is 9.73. The molecule has 2 atom stereocenters. The molecular formula is C21H36N4O6. The third kappa shape index (κ3) is 9.54. The number of methoxy groups -OCH3 is 1. The molecule has 0 aromatic heterocycles. The van der Waals surface area contributed by atoms with E-state index in [0.717, 1.165) is 50.9 Å². The van der Waals surface area contributed by atoms with Gasteiger partial charge in [0, 0.05) is 13.0 Å². The number of nitrogens with one attached hydrogen (secondary N) is 3. The van der Waals surface area contributed by atoms with Crippen molar-refractivity contribution in [2.24, 2.45) is 11.1 Å². The molecule has 176 valence electrons. The molecule has 0 aromatic rings. The normalized spacial score (nSPS) is 19.7. The Hall–Kier alpha value is -2.36. The van der Waals surface area contributed by atoms with E-state index < -0.39 is 18.1 Å². The van der Waals surface area contributed by atoms with Crippen LogP contribution in [-0.2, 0) is 23.9 Å². The van der Waals surface area contributed by atoms with Gasteiger partial charge in [0.15, 0.2) is 0 Å². The molecule has 2 aliphatic heterocycles. The van der Waals surface area contributed by atoms with Crippen LogP contribution in [0.4, 0.5) is 4.79 Å². The Morgan fingerprint density at radius 3 is 2.77 bits per heavy atom. The van der Waals surface area contributed by atoms with Crippen LogP contribution < -0.4 is 16.0 Å². The van der Waals surface area contributed by atoms with Gasteiger partial charge in [-0.2, -0.15) is 0 Å². The summed E-state index contributed by atoms with van der Waals surface area (Å²) in [5.41, 5.74) is 1.03. The molecular weight excluding hydrogens is 404 g/mol. The van der Waals surface area contributed by atoms with Crippen molar-refractivity contribution in [2.75, 3.05) is 33.4 Å². The van der Waals surface area contributed by atoms with Crippen LogP contribution in [0.1, 0.15) is 58.3 Å². The monoisotopic (exact) mass is 440 g/mol.